The molecule has 0 aliphatic heterocycles. The number of aliphatic hydroxyl groups excluding tert-OH is 1. The fraction of sp³-hybridized carbons (Fsp3) is 0.824. The molecular weight excluding hydrogens is 282 g/mol. The molecule has 2 aliphatic carbocycles. The average molecular weight is 311 g/mol. The molecule has 0 bridgehead atoms. The number of carbonyl (C=O) groups is 1. The van der Waals surface area contributed by atoms with Crippen molar-refractivity contribution in [3.63, 3.8) is 0 Å². The molecule has 0 heterocycles. The van der Waals surface area contributed by atoms with E-state index in [0.717, 1.165) is 51.4 Å². The predicted molar refractivity (Wildman–Crippen MR) is 84.1 cm³/mol. The van der Waals surface area contributed by atoms with Crippen LogP contribution in [0.25, 0.3) is 0 Å². The van der Waals surface area contributed by atoms with Crippen molar-refractivity contribution in [1.29, 1.82) is 0 Å². The van der Waals surface area contributed by atoms with Crippen LogP contribution >= 0.6 is 0 Å². The monoisotopic (exact) mass is 311 g/mol. The zero-order valence-electron chi connectivity index (χ0n) is 13.2. The highest BCUT2D eigenvalue weighted by Crippen LogP contribution is 2.31. The van der Waals surface area contributed by atoms with E-state index in [4.69, 9.17) is 4.74 Å². The van der Waals surface area contributed by atoms with Crippen LogP contribution in [-0.2, 0) is 4.74 Å². The van der Waals surface area contributed by atoms with Crippen LogP contribution in [0.4, 0.5) is 4.79 Å². The number of nitrogens with one attached hydrogen (secondary N) is 1. The summed E-state index contributed by atoms with van der Waals surface area (Å²) in [6.45, 7) is 3.75. The third-order valence-electron chi connectivity index (χ3n) is 5.08. The molecule has 1 unspecified atom stereocenters. The smallest absolute Gasteiger partial charge is 0.407 e. The highest BCUT2D eigenvalue weighted by molar-refractivity contribution is 5.68. The van der Waals surface area contributed by atoms with E-state index in [9.17, 15) is 15.0 Å². The van der Waals surface area contributed by atoms with Crippen LogP contribution in [0.1, 0.15) is 57.8 Å². The Morgan fingerprint density at radius 1 is 1.18 bits per heavy atom. The molecule has 0 aromatic heterocycles. The molecule has 126 valence electrons. The molecule has 2 aliphatic rings. The number of allylic oxidation sites excluding steroid dienone is 1. The number of rotatable bonds is 6. The Morgan fingerprint density at radius 3 is 2.55 bits per heavy atom. The summed E-state index contributed by atoms with van der Waals surface area (Å²) in [5.74, 6) is 0.462. The second-order valence-electron chi connectivity index (χ2n) is 6.64. The summed E-state index contributed by atoms with van der Waals surface area (Å²) >= 11 is 0. The molecule has 0 radical (unpaired) electrons. The van der Waals surface area contributed by atoms with Gasteiger partial charge in [0.15, 0.2) is 6.29 Å². The summed E-state index contributed by atoms with van der Waals surface area (Å²) in [7, 11) is 0. The molecule has 5 heteroatoms. The van der Waals surface area contributed by atoms with Crippen LogP contribution in [0.5, 0.6) is 0 Å². The topological polar surface area (TPSA) is 78.8 Å². The van der Waals surface area contributed by atoms with Crippen molar-refractivity contribution in [3.05, 3.63) is 12.7 Å². The lowest BCUT2D eigenvalue weighted by molar-refractivity contribution is -0.0842. The Balaban J connectivity index is 1.86. The zero-order valence-corrected chi connectivity index (χ0v) is 13.2. The normalized spacial score (nSPS) is 27.6. The lowest BCUT2D eigenvalue weighted by Crippen LogP contribution is -2.49. The third kappa shape index (κ3) is 4.71. The summed E-state index contributed by atoms with van der Waals surface area (Å²) in [6, 6.07) is -0.632. The standard InChI is InChI=1S/C17H29NO4/c1-2-7-12-10-6-11-14(12)22-17(21)18-15(16(19)20)13-8-4-3-5-9-13/h2,12-16,19-20H,1,3-11H2,(H,18,21)/t12?,14-,15+/m1/s1. The SMILES string of the molecule is C=CCC1CCC[C@H]1OC(=O)N[C@H](C(O)O)C1CCCCC1. The second-order valence-corrected chi connectivity index (χ2v) is 6.64. The van der Waals surface area contributed by atoms with Crippen molar-refractivity contribution >= 4 is 6.09 Å². The van der Waals surface area contributed by atoms with E-state index in [2.05, 4.69) is 11.9 Å². The van der Waals surface area contributed by atoms with Crippen LogP contribution in [0.3, 0.4) is 0 Å². The average Bonchev–Trinajstić information content (AvgIpc) is 2.93. The van der Waals surface area contributed by atoms with Crippen molar-refractivity contribution in [2.24, 2.45) is 11.8 Å². The minimum absolute atomic E-state index is 0.0826. The summed E-state index contributed by atoms with van der Waals surface area (Å²) < 4.78 is 5.53. The maximum atomic E-state index is 12.1. The predicted octanol–water partition coefficient (Wildman–Crippen LogP) is 2.72. The maximum Gasteiger partial charge on any atom is 0.407 e. The van der Waals surface area contributed by atoms with Gasteiger partial charge in [-0.05, 0) is 50.4 Å². The summed E-state index contributed by atoms with van der Waals surface area (Å²) in [4.78, 5) is 12.1. The van der Waals surface area contributed by atoms with Gasteiger partial charge in [0.25, 0.3) is 0 Å². The lowest BCUT2D eigenvalue weighted by atomic mass is 9.83. The first-order chi connectivity index (χ1) is 10.6. The van der Waals surface area contributed by atoms with Crippen LogP contribution < -0.4 is 5.32 Å². The lowest BCUT2D eigenvalue weighted by Gasteiger charge is -2.32. The Kier molecular flexibility index (Phi) is 6.70. The van der Waals surface area contributed by atoms with Gasteiger partial charge in [0.05, 0.1) is 6.04 Å². The molecule has 0 spiro atoms. The number of aliphatic hydroxyl groups is 2. The van der Waals surface area contributed by atoms with E-state index in [1.165, 1.54) is 6.42 Å². The van der Waals surface area contributed by atoms with Gasteiger partial charge in [-0.2, -0.15) is 0 Å². The first-order valence-electron chi connectivity index (χ1n) is 8.56. The highest BCUT2D eigenvalue weighted by atomic mass is 16.6. The van der Waals surface area contributed by atoms with Gasteiger partial charge in [0, 0.05) is 0 Å². The fourth-order valence-electron chi connectivity index (χ4n) is 3.88. The van der Waals surface area contributed by atoms with Crippen LogP contribution in [-0.4, -0.2) is 34.7 Å². The molecule has 2 saturated carbocycles. The van der Waals surface area contributed by atoms with Crippen LogP contribution in [0.15, 0.2) is 12.7 Å². The quantitative estimate of drug-likeness (QED) is 0.520. The van der Waals surface area contributed by atoms with Crippen molar-refractivity contribution in [3.8, 4) is 0 Å². The van der Waals surface area contributed by atoms with Crippen molar-refractivity contribution in [2.45, 2.75) is 76.2 Å². The highest BCUT2D eigenvalue weighted by Gasteiger charge is 2.33. The molecular formula is C17H29NO4. The minimum atomic E-state index is -1.54. The van der Waals surface area contributed by atoms with Gasteiger partial charge in [-0.1, -0.05) is 25.3 Å². The molecule has 1 amide bonds. The number of alkyl carbamates (subject to hydrolysis) is 1. The Hall–Kier alpha value is -1.07. The van der Waals surface area contributed by atoms with Gasteiger partial charge in [0.2, 0.25) is 0 Å². The van der Waals surface area contributed by atoms with Gasteiger partial charge in [-0.15, -0.1) is 6.58 Å². The second kappa shape index (κ2) is 8.53. The van der Waals surface area contributed by atoms with Crippen molar-refractivity contribution in [2.75, 3.05) is 0 Å². The van der Waals surface area contributed by atoms with Gasteiger partial charge in [-0.25, -0.2) is 4.79 Å². The van der Waals surface area contributed by atoms with Gasteiger partial charge < -0.3 is 20.3 Å². The number of hydrogen-bond acceptors (Lipinski definition) is 4. The van der Waals surface area contributed by atoms with E-state index in [1.54, 1.807) is 0 Å². The number of carbonyl (C=O) groups excluding carboxylic acids is 1. The molecule has 2 fully saturated rings. The molecule has 5 nitrogen and oxygen atoms in total. The largest absolute Gasteiger partial charge is 0.446 e. The Labute approximate surface area is 132 Å². The molecule has 22 heavy (non-hydrogen) atoms. The first kappa shape index (κ1) is 17.3. The van der Waals surface area contributed by atoms with Gasteiger partial charge in [-0.3, -0.25) is 0 Å². The van der Waals surface area contributed by atoms with Crippen molar-refractivity contribution in [1.82, 2.24) is 5.32 Å². The minimum Gasteiger partial charge on any atom is -0.446 e. The zero-order chi connectivity index (χ0) is 15.9. The fourth-order valence-corrected chi connectivity index (χ4v) is 3.88. The van der Waals surface area contributed by atoms with Crippen LogP contribution in [0.2, 0.25) is 0 Å². The summed E-state index contributed by atoms with van der Waals surface area (Å²) in [6.07, 6.45) is 8.75. The molecule has 0 saturated heterocycles. The summed E-state index contributed by atoms with van der Waals surface area (Å²) in [5, 5.41) is 21.9. The Bertz CT molecular complexity index is 366. The van der Waals surface area contributed by atoms with E-state index in [-0.39, 0.29) is 12.0 Å². The molecule has 0 aromatic carbocycles. The van der Waals surface area contributed by atoms with Crippen LogP contribution in [0, 0.1) is 11.8 Å². The first-order valence-corrected chi connectivity index (χ1v) is 8.56. The number of ether oxygens (including phenoxy) is 1. The van der Waals surface area contributed by atoms with E-state index >= 15 is 0 Å². The maximum absolute atomic E-state index is 12.1. The molecule has 2 rings (SSSR count). The molecule has 3 N–H and O–H groups in total. The van der Waals surface area contributed by atoms with E-state index < -0.39 is 18.4 Å². The van der Waals surface area contributed by atoms with Crippen molar-refractivity contribution < 1.29 is 19.7 Å². The number of amides is 1. The Morgan fingerprint density at radius 2 is 1.91 bits per heavy atom. The van der Waals surface area contributed by atoms with Gasteiger partial charge in [0.1, 0.15) is 6.10 Å². The summed E-state index contributed by atoms with van der Waals surface area (Å²) in [5.41, 5.74) is 0. The van der Waals surface area contributed by atoms with E-state index in [0.29, 0.717) is 5.92 Å². The third-order valence-corrected chi connectivity index (χ3v) is 5.08. The molecule has 3 atom stereocenters. The molecule has 0 aromatic rings. The van der Waals surface area contributed by atoms with Gasteiger partial charge >= 0.3 is 6.09 Å². The van der Waals surface area contributed by atoms with E-state index in [1.807, 2.05) is 6.08 Å². The number of hydrogen-bond donors (Lipinski definition) is 3.